The standard InChI is InChI=1S/C19H32N2/c1-5-20-14-19(11-7-9-17(3)13-19)15-21(4)18-10-6-8-16(2)12-18/h6,8,10,12,17,20H,5,7,9,11,13-15H2,1-4H3. The Labute approximate surface area is 130 Å². The summed E-state index contributed by atoms with van der Waals surface area (Å²) in [6.45, 7) is 10.2. The molecule has 0 heterocycles. The lowest BCUT2D eigenvalue weighted by atomic mass is 9.69. The van der Waals surface area contributed by atoms with E-state index in [4.69, 9.17) is 0 Å². The van der Waals surface area contributed by atoms with Crippen LogP contribution in [0.25, 0.3) is 0 Å². The lowest BCUT2D eigenvalue weighted by Gasteiger charge is -2.43. The first kappa shape index (κ1) is 16.4. The Balaban J connectivity index is 2.10. The average Bonchev–Trinajstić information content (AvgIpc) is 2.45. The predicted molar refractivity (Wildman–Crippen MR) is 93.1 cm³/mol. The highest BCUT2D eigenvalue weighted by Gasteiger charge is 2.35. The van der Waals surface area contributed by atoms with Crippen molar-refractivity contribution in [3.8, 4) is 0 Å². The van der Waals surface area contributed by atoms with Gasteiger partial charge in [0.05, 0.1) is 0 Å². The van der Waals surface area contributed by atoms with E-state index in [1.54, 1.807) is 0 Å². The Morgan fingerprint density at radius 1 is 1.38 bits per heavy atom. The van der Waals surface area contributed by atoms with Crippen LogP contribution in [0, 0.1) is 18.3 Å². The van der Waals surface area contributed by atoms with Crippen molar-refractivity contribution in [3.63, 3.8) is 0 Å². The zero-order chi connectivity index (χ0) is 15.3. The first-order valence-electron chi connectivity index (χ1n) is 8.53. The Morgan fingerprint density at radius 3 is 2.86 bits per heavy atom. The summed E-state index contributed by atoms with van der Waals surface area (Å²) >= 11 is 0. The summed E-state index contributed by atoms with van der Waals surface area (Å²) in [5.41, 5.74) is 3.13. The molecule has 1 aliphatic carbocycles. The van der Waals surface area contributed by atoms with Gasteiger partial charge in [-0.1, -0.05) is 38.8 Å². The maximum atomic E-state index is 3.62. The fraction of sp³-hybridized carbons (Fsp3) is 0.684. The molecule has 2 atom stereocenters. The van der Waals surface area contributed by atoms with Crippen LogP contribution in [0.3, 0.4) is 0 Å². The van der Waals surface area contributed by atoms with Crippen LogP contribution in [0.4, 0.5) is 5.69 Å². The van der Waals surface area contributed by atoms with Gasteiger partial charge in [0.2, 0.25) is 0 Å². The van der Waals surface area contributed by atoms with Crippen LogP contribution in [0.2, 0.25) is 0 Å². The van der Waals surface area contributed by atoms with Crippen LogP contribution in [0.15, 0.2) is 24.3 Å². The van der Waals surface area contributed by atoms with Gasteiger partial charge in [0.25, 0.3) is 0 Å². The normalized spacial score (nSPS) is 25.8. The monoisotopic (exact) mass is 288 g/mol. The average molecular weight is 288 g/mol. The molecule has 0 amide bonds. The molecule has 0 aromatic heterocycles. The molecule has 21 heavy (non-hydrogen) atoms. The Hall–Kier alpha value is -1.02. The van der Waals surface area contributed by atoms with Crippen molar-refractivity contribution < 1.29 is 0 Å². The van der Waals surface area contributed by atoms with Gasteiger partial charge in [-0.2, -0.15) is 0 Å². The molecule has 1 saturated carbocycles. The maximum absolute atomic E-state index is 3.62. The van der Waals surface area contributed by atoms with Gasteiger partial charge in [-0.25, -0.2) is 0 Å². The molecule has 2 rings (SSSR count). The number of benzene rings is 1. The third-order valence-electron chi connectivity index (χ3n) is 4.95. The molecular formula is C19H32N2. The van der Waals surface area contributed by atoms with Crippen molar-refractivity contribution in [2.24, 2.45) is 11.3 Å². The minimum atomic E-state index is 0.437. The Morgan fingerprint density at radius 2 is 2.19 bits per heavy atom. The maximum Gasteiger partial charge on any atom is 0.0366 e. The number of anilines is 1. The number of hydrogen-bond acceptors (Lipinski definition) is 2. The van der Waals surface area contributed by atoms with Crippen molar-refractivity contribution in [2.75, 3.05) is 31.6 Å². The molecule has 1 N–H and O–H groups in total. The summed E-state index contributed by atoms with van der Waals surface area (Å²) in [7, 11) is 2.25. The van der Waals surface area contributed by atoms with Gasteiger partial charge in [0.15, 0.2) is 0 Å². The fourth-order valence-electron chi connectivity index (χ4n) is 3.98. The first-order chi connectivity index (χ1) is 10.0. The van der Waals surface area contributed by atoms with Crippen LogP contribution in [-0.4, -0.2) is 26.7 Å². The quantitative estimate of drug-likeness (QED) is 0.842. The number of aryl methyl sites for hydroxylation is 1. The van der Waals surface area contributed by atoms with Crippen molar-refractivity contribution in [1.82, 2.24) is 5.32 Å². The highest BCUT2D eigenvalue weighted by atomic mass is 15.1. The molecule has 0 spiro atoms. The molecule has 0 radical (unpaired) electrons. The third kappa shape index (κ3) is 4.47. The lowest BCUT2D eigenvalue weighted by Crippen LogP contribution is -2.45. The van der Waals surface area contributed by atoms with Crippen molar-refractivity contribution in [3.05, 3.63) is 29.8 Å². The van der Waals surface area contributed by atoms with E-state index in [1.165, 1.54) is 36.9 Å². The first-order valence-corrected chi connectivity index (χ1v) is 8.53. The van der Waals surface area contributed by atoms with Gasteiger partial charge in [0.1, 0.15) is 0 Å². The second-order valence-corrected chi connectivity index (χ2v) is 7.18. The van der Waals surface area contributed by atoms with Gasteiger partial charge in [-0.3, -0.25) is 0 Å². The zero-order valence-electron chi connectivity index (χ0n) is 14.3. The molecule has 0 aliphatic heterocycles. The van der Waals surface area contributed by atoms with Gasteiger partial charge in [-0.15, -0.1) is 0 Å². The second kappa shape index (κ2) is 7.31. The molecule has 2 heteroatoms. The summed E-state index contributed by atoms with van der Waals surface area (Å²) in [6, 6.07) is 8.88. The lowest BCUT2D eigenvalue weighted by molar-refractivity contribution is 0.149. The number of nitrogens with one attached hydrogen (secondary N) is 1. The van der Waals surface area contributed by atoms with Crippen LogP contribution < -0.4 is 10.2 Å². The minimum Gasteiger partial charge on any atom is -0.374 e. The smallest absolute Gasteiger partial charge is 0.0366 e. The van der Waals surface area contributed by atoms with E-state index in [9.17, 15) is 0 Å². The largest absolute Gasteiger partial charge is 0.374 e. The van der Waals surface area contributed by atoms with Gasteiger partial charge in [0, 0.05) is 31.2 Å². The number of nitrogens with zero attached hydrogens (tertiary/aromatic N) is 1. The zero-order valence-corrected chi connectivity index (χ0v) is 14.3. The summed E-state index contributed by atoms with van der Waals surface area (Å²) in [5.74, 6) is 0.864. The molecule has 1 aromatic rings. The molecule has 1 aliphatic rings. The summed E-state index contributed by atoms with van der Waals surface area (Å²) in [5, 5.41) is 3.62. The van der Waals surface area contributed by atoms with Gasteiger partial charge < -0.3 is 10.2 Å². The van der Waals surface area contributed by atoms with E-state index in [0.717, 1.165) is 25.6 Å². The minimum absolute atomic E-state index is 0.437. The molecule has 0 bridgehead atoms. The molecule has 2 unspecified atom stereocenters. The fourth-order valence-corrected chi connectivity index (χ4v) is 3.98. The Kier molecular flexibility index (Phi) is 5.69. The van der Waals surface area contributed by atoms with Crippen LogP contribution in [-0.2, 0) is 0 Å². The molecule has 118 valence electrons. The van der Waals surface area contributed by atoms with Crippen molar-refractivity contribution in [1.29, 1.82) is 0 Å². The molecular weight excluding hydrogens is 256 g/mol. The van der Waals surface area contributed by atoms with Gasteiger partial charge in [-0.05, 0) is 49.9 Å². The van der Waals surface area contributed by atoms with Gasteiger partial charge >= 0.3 is 0 Å². The molecule has 2 nitrogen and oxygen atoms in total. The summed E-state index contributed by atoms with van der Waals surface area (Å²) < 4.78 is 0. The van der Waals surface area contributed by atoms with E-state index >= 15 is 0 Å². The predicted octanol–water partition coefficient (Wildman–Crippen LogP) is 4.24. The van der Waals surface area contributed by atoms with Crippen molar-refractivity contribution in [2.45, 2.75) is 46.5 Å². The SMILES string of the molecule is CCNCC1(CN(C)c2cccc(C)c2)CCCC(C)C1. The van der Waals surface area contributed by atoms with Crippen LogP contribution in [0.5, 0.6) is 0 Å². The molecule has 1 fully saturated rings. The van der Waals surface area contributed by atoms with Crippen LogP contribution in [0.1, 0.15) is 45.1 Å². The van der Waals surface area contributed by atoms with E-state index < -0.39 is 0 Å². The highest BCUT2D eigenvalue weighted by Crippen LogP contribution is 2.40. The molecule has 0 saturated heterocycles. The van der Waals surface area contributed by atoms with E-state index in [2.05, 4.69) is 62.3 Å². The van der Waals surface area contributed by atoms with Crippen molar-refractivity contribution >= 4 is 5.69 Å². The van der Waals surface area contributed by atoms with E-state index in [1.807, 2.05) is 0 Å². The Bertz CT molecular complexity index is 443. The van der Waals surface area contributed by atoms with E-state index in [-0.39, 0.29) is 0 Å². The topological polar surface area (TPSA) is 15.3 Å². The molecule has 1 aromatic carbocycles. The number of rotatable bonds is 6. The second-order valence-electron chi connectivity index (χ2n) is 7.18. The third-order valence-corrected chi connectivity index (χ3v) is 4.95. The van der Waals surface area contributed by atoms with Crippen LogP contribution >= 0.6 is 0 Å². The van der Waals surface area contributed by atoms with E-state index in [0.29, 0.717) is 5.41 Å². The summed E-state index contributed by atoms with van der Waals surface area (Å²) in [4.78, 5) is 2.46. The summed E-state index contributed by atoms with van der Waals surface area (Å²) in [6.07, 6.45) is 5.51. The highest BCUT2D eigenvalue weighted by molar-refractivity contribution is 5.47. The number of hydrogen-bond donors (Lipinski definition) is 1.